The number of alkyl halides is 6. The Bertz CT molecular complexity index is 2930. The van der Waals surface area contributed by atoms with Gasteiger partial charge in [-0.2, -0.15) is 13.2 Å². The van der Waals surface area contributed by atoms with E-state index in [9.17, 15) is 41.0 Å². The van der Waals surface area contributed by atoms with Gasteiger partial charge in [0.25, 0.3) is 11.8 Å². The molecule has 70 heavy (non-hydrogen) atoms. The lowest BCUT2D eigenvalue weighted by molar-refractivity contribution is -0.274. The summed E-state index contributed by atoms with van der Waals surface area (Å²) in [6, 6.07) is 16.4. The molecule has 2 aromatic heterocycles. The average molecular weight is 995 g/mol. The van der Waals surface area contributed by atoms with Crippen molar-refractivity contribution in [2.45, 2.75) is 57.1 Å². The van der Waals surface area contributed by atoms with Crippen molar-refractivity contribution in [3.8, 4) is 17.2 Å². The normalized spacial score (nSPS) is 18.3. The van der Waals surface area contributed by atoms with Crippen molar-refractivity contribution < 1.29 is 55.2 Å². The molecule has 3 fully saturated rings. The van der Waals surface area contributed by atoms with E-state index >= 15 is 0 Å². The van der Waals surface area contributed by atoms with Crippen LogP contribution < -0.4 is 40.0 Å². The number of carbonyl (C=O) groups excluding carboxylic acids is 2. The highest BCUT2D eigenvalue weighted by Gasteiger charge is 2.41. The Morgan fingerprint density at radius 1 is 0.771 bits per heavy atom. The molecule has 5 heterocycles. The summed E-state index contributed by atoms with van der Waals surface area (Å²) in [7, 11) is 0. The summed E-state index contributed by atoms with van der Waals surface area (Å²) in [6.45, 7) is 8.48. The highest BCUT2D eigenvalue weighted by atomic mass is 35.5. The molecule has 4 atom stereocenters. The summed E-state index contributed by atoms with van der Waals surface area (Å²) < 4.78 is 96.6. The number of hydrogen-bond acceptors (Lipinski definition) is 14. The van der Waals surface area contributed by atoms with Crippen LogP contribution in [0.1, 0.15) is 23.4 Å². The molecule has 0 spiro atoms. The minimum atomic E-state index is -5.02. The summed E-state index contributed by atoms with van der Waals surface area (Å²) in [6.07, 6.45) is -12.9. The number of piperazine rings is 2. The Morgan fingerprint density at radius 2 is 1.36 bits per heavy atom. The number of hydrogen-bond donors (Lipinski definition) is 4. The Morgan fingerprint density at radius 3 is 1.90 bits per heavy atom. The largest absolute Gasteiger partial charge is 0.573 e. The number of nitrogens with one attached hydrogen (secondary N) is 3. The van der Waals surface area contributed by atoms with E-state index < -0.39 is 58.6 Å². The van der Waals surface area contributed by atoms with E-state index in [4.69, 9.17) is 41.0 Å². The minimum Gasteiger partial charge on any atom is -0.476 e. The number of rotatable bonds is 14. The molecule has 4 unspecified atom stereocenters. The van der Waals surface area contributed by atoms with Gasteiger partial charge in [-0.3, -0.25) is 14.5 Å². The van der Waals surface area contributed by atoms with Gasteiger partial charge in [0.05, 0.1) is 39.6 Å². The van der Waals surface area contributed by atoms with Gasteiger partial charge in [-0.15, -0.1) is 13.2 Å². The molecule has 0 saturated carbocycles. The maximum absolute atomic E-state index is 14.7. The molecule has 2 bridgehead atoms. The van der Waals surface area contributed by atoms with Gasteiger partial charge in [-0.05, 0) is 99.1 Å². The SMILES string of the molecule is Cc1nc(N2CCN(CCO)CC2)nc2ccc(NC(=O)C(Oc3ccc(OC(F)(F)F)cc3)C(Oc3ccc(C(F)(F)F)cc3Cl)C(=O)Nc3ccc4nc(N5CC6CC5CN6)nc(C)c4c3)cc12. The van der Waals surface area contributed by atoms with Crippen LogP contribution in [0.3, 0.4) is 0 Å². The van der Waals surface area contributed by atoms with Crippen molar-refractivity contribution in [3.05, 3.63) is 101 Å². The molecule has 0 radical (unpaired) electrons. The highest BCUT2D eigenvalue weighted by molar-refractivity contribution is 6.32. The third-order valence-electron chi connectivity index (χ3n) is 12.3. The van der Waals surface area contributed by atoms with E-state index in [1.165, 1.54) is 0 Å². The summed E-state index contributed by atoms with van der Waals surface area (Å²) >= 11 is 6.35. The van der Waals surface area contributed by atoms with Gasteiger partial charge in [0.1, 0.15) is 17.2 Å². The second-order valence-electron chi connectivity index (χ2n) is 17.1. The fourth-order valence-electron chi connectivity index (χ4n) is 8.79. The zero-order chi connectivity index (χ0) is 49.5. The second kappa shape index (κ2) is 19.6. The molecule has 0 aliphatic carbocycles. The number of fused-ring (bicyclic) bond motifs is 4. The zero-order valence-corrected chi connectivity index (χ0v) is 38.2. The van der Waals surface area contributed by atoms with E-state index in [1.54, 1.807) is 50.2 Å². The number of benzene rings is 4. The van der Waals surface area contributed by atoms with Crippen LogP contribution in [0.5, 0.6) is 17.2 Å². The molecule has 368 valence electrons. The number of β-amino-alcohol motifs (C(OH)–C–C–N with tert-alkyl or cyclic N) is 1. The van der Waals surface area contributed by atoms with Crippen molar-refractivity contribution in [3.63, 3.8) is 0 Å². The predicted octanol–water partition coefficient (Wildman–Crippen LogP) is 6.90. The van der Waals surface area contributed by atoms with Crippen LogP contribution in [0.25, 0.3) is 21.8 Å². The second-order valence-corrected chi connectivity index (χ2v) is 17.5. The van der Waals surface area contributed by atoms with Crippen LogP contribution in [0.4, 0.5) is 49.6 Å². The molecule has 3 aliphatic heterocycles. The number of halogens is 7. The van der Waals surface area contributed by atoms with Crippen LogP contribution in [-0.2, 0) is 15.8 Å². The predicted molar refractivity (Wildman–Crippen MR) is 248 cm³/mol. The van der Waals surface area contributed by atoms with E-state index in [-0.39, 0.29) is 29.8 Å². The maximum Gasteiger partial charge on any atom is 0.573 e. The lowest BCUT2D eigenvalue weighted by Gasteiger charge is -2.34. The summed E-state index contributed by atoms with van der Waals surface area (Å²) in [5.41, 5.74) is 1.59. The molecule has 6 aromatic rings. The quantitative estimate of drug-likeness (QED) is 0.0829. The third-order valence-corrected chi connectivity index (χ3v) is 12.6. The number of aliphatic hydroxyl groups excluding tert-OH is 1. The van der Waals surface area contributed by atoms with Gasteiger partial charge in [0.15, 0.2) is 0 Å². The van der Waals surface area contributed by atoms with Crippen molar-refractivity contribution in [2.75, 3.05) is 72.9 Å². The van der Waals surface area contributed by atoms with Crippen molar-refractivity contribution >= 4 is 68.5 Å². The maximum atomic E-state index is 14.7. The number of nitrogens with zero attached hydrogens (tertiary/aromatic N) is 7. The van der Waals surface area contributed by atoms with Gasteiger partial charge in [0.2, 0.25) is 24.1 Å². The Kier molecular flexibility index (Phi) is 13.5. The molecule has 4 aromatic carbocycles. The Balaban J connectivity index is 1.04. The zero-order valence-electron chi connectivity index (χ0n) is 37.4. The van der Waals surface area contributed by atoms with Crippen molar-refractivity contribution in [1.82, 2.24) is 30.2 Å². The molecule has 3 aliphatic rings. The first-order valence-corrected chi connectivity index (χ1v) is 22.6. The van der Waals surface area contributed by atoms with Gasteiger partial charge >= 0.3 is 12.5 Å². The van der Waals surface area contributed by atoms with E-state index in [0.29, 0.717) is 96.0 Å². The minimum absolute atomic E-state index is 0.0554. The van der Waals surface area contributed by atoms with Crippen LogP contribution in [-0.4, -0.2) is 125 Å². The molecule has 2 amide bonds. The number of amides is 2. The number of aryl methyl sites for hydroxylation is 2. The fraction of sp³-hybridized carbons (Fsp3) is 0.362. The number of ether oxygens (including phenoxy) is 3. The smallest absolute Gasteiger partial charge is 0.476 e. The summed E-state index contributed by atoms with van der Waals surface area (Å²) in [4.78, 5) is 54.7. The molecule has 23 heteroatoms. The average Bonchev–Trinajstić information content (AvgIpc) is 3.96. The van der Waals surface area contributed by atoms with E-state index in [2.05, 4.69) is 30.5 Å². The van der Waals surface area contributed by atoms with E-state index in [0.717, 1.165) is 49.8 Å². The lowest BCUT2D eigenvalue weighted by Crippen LogP contribution is -2.51. The standard InChI is InChI=1S/C47H45ClF6N10O6/c1-25-34-21-28(4-10-37(34)60-44(56-25)63-15-13-62(14-16-63)17-18-65)58-42(66)40(68-32-6-8-33(9-7-32)70-47(52,53)54)41(69-39-12-3-27(19-36(39)48)46(49,50)51)43(67)59-29-5-11-38-35(22-29)26(2)57-45(61-38)64-24-30-20-31(64)23-55-30/h3-12,19,21-22,30-31,40-41,55,65H,13-18,20,23-24H2,1-2H3,(H,58,66)(H,59,67). The van der Waals surface area contributed by atoms with Crippen LogP contribution in [0.2, 0.25) is 5.02 Å². The van der Waals surface area contributed by atoms with Crippen LogP contribution >= 0.6 is 11.6 Å². The first-order chi connectivity index (χ1) is 33.4. The Labute approximate surface area is 400 Å². The fourth-order valence-corrected chi connectivity index (χ4v) is 9.01. The van der Waals surface area contributed by atoms with Gasteiger partial charge < -0.3 is 45.1 Å². The highest BCUT2D eigenvalue weighted by Crippen LogP contribution is 2.37. The molecule has 16 nitrogen and oxygen atoms in total. The molecule has 3 saturated heterocycles. The topological polar surface area (TPSA) is 179 Å². The number of aliphatic hydroxyl groups is 1. The summed E-state index contributed by atoms with van der Waals surface area (Å²) in [5, 5.41) is 18.8. The molecule has 4 N–H and O–H groups in total. The molecular formula is C47H45ClF6N10O6. The van der Waals surface area contributed by atoms with Crippen molar-refractivity contribution in [2.24, 2.45) is 0 Å². The Hall–Kier alpha value is -6.75. The number of anilines is 4. The number of carbonyl (C=O) groups is 2. The summed E-state index contributed by atoms with van der Waals surface area (Å²) in [5.74, 6) is -2.25. The van der Waals surface area contributed by atoms with Crippen LogP contribution in [0, 0.1) is 13.8 Å². The molecule has 9 rings (SSSR count). The first kappa shape index (κ1) is 48.3. The first-order valence-electron chi connectivity index (χ1n) is 22.2. The van der Waals surface area contributed by atoms with E-state index in [1.807, 2.05) is 4.90 Å². The number of aromatic nitrogens is 4. The third kappa shape index (κ3) is 10.8. The lowest BCUT2D eigenvalue weighted by atomic mass is 10.1. The van der Waals surface area contributed by atoms with Crippen molar-refractivity contribution in [1.29, 1.82) is 0 Å². The van der Waals surface area contributed by atoms with Crippen LogP contribution in [0.15, 0.2) is 78.9 Å². The van der Waals surface area contributed by atoms with Gasteiger partial charge in [-0.25, -0.2) is 19.9 Å². The van der Waals surface area contributed by atoms with Gasteiger partial charge in [0, 0.05) is 80.0 Å². The monoisotopic (exact) mass is 994 g/mol. The van der Waals surface area contributed by atoms with Gasteiger partial charge in [-0.1, -0.05) is 11.6 Å². The molecular weight excluding hydrogens is 950 g/mol.